The molecule has 1 heterocycles. The van der Waals surface area contributed by atoms with Gasteiger partial charge in [0.25, 0.3) is 5.91 Å². The number of rotatable bonds is 6. The molecule has 3 aromatic rings. The third-order valence-electron chi connectivity index (χ3n) is 3.79. The Kier molecular flexibility index (Phi) is 5.57. The molecule has 0 bridgehead atoms. The number of imidazole rings is 1. The van der Waals surface area contributed by atoms with Crippen LogP contribution in [-0.4, -0.2) is 29.9 Å². The lowest BCUT2D eigenvalue weighted by Crippen LogP contribution is -2.30. The van der Waals surface area contributed by atoms with Gasteiger partial charge in [0.15, 0.2) is 0 Å². The highest BCUT2D eigenvalue weighted by molar-refractivity contribution is 7.89. The van der Waals surface area contributed by atoms with Crippen LogP contribution >= 0.6 is 0 Å². The molecule has 28 heavy (non-hydrogen) atoms. The minimum Gasteiger partial charge on any atom is -0.322 e. The summed E-state index contributed by atoms with van der Waals surface area (Å²) in [5.41, 5.74) is 0.689. The van der Waals surface area contributed by atoms with E-state index in [1.165, 1.54) is 53.5 Å². The maximum Gasteiger partial charge on any atom is 0.255 e. The smallest absolute Gasteiger partial charge is 0.255 e. The quantitative estimate of drug-likeness (QED) is 0.663. The maximum absolute atomic E-state index is 14.3. The normalized spacial score (nSPS) is 11.6. The number of sulfonamides is 1. The maximum atomic E-state index is 14.3. The molecule has 0 atom stereocenters. The highest BCUT2D eigenvalue weighted by atomic mass is 32.2. The lowest BCUT2D eigenvalue weighted by molar-refractivity contribution is 0.102. The van der Waals surface area contributed by atoms with E-state index >= 15 is 0 Å². The zero-order valence-corrected chi connectivity index (χ0v) is 16.1. The monoisotopic (exact) mass is 402 g/mol. The van der Waals surface area contributed by atoms with E-state index in [2.05, 4.69) is 15.0 Å². The molecule has 0 radical (unpaired) electrons. The summed E-state index contributed by atoms with van der Waals surface area (Å²) in [6, 6.07) is 9.62. The number of nitrogens with one attached hydrogen (secondary N) is 2. The molecule has 0 saturated carbocycles. The predicted octanol–water partition coefficient (Wildman–Crippen LogP) is 2.95. The molecular formula is C19H19FN4O3S. The Morgan fingerprint density at radius 2 is 1.96 bits per heavy atom. The largest absolute Gasteiger partial charge is 0.322 e. The molecule has 0 spiro atoms. The molecule has 1 amide bonds. The second-order valence-corrected chi connectivity index (χ2v) is 8.11. The number of benzene rings is 2. The first-order valence-corrected chi connectivity index (χ1v) is 9.96. The summed E-state index contributed by atoms with van der Waals surface area (Å²) in [6.07, 6.45) is 4.60. The van der Waals surface area contributed by atoms with Crippen molar-refractivity contribution in [2.45, 2.75) is 24.8 Å². The molecule has 146 valence electrons. The van der Waals surface area contributed by atoms with Gasteiger partial charge >= 0.3 is 0 Å². The highest BCUT2D eigenvalue weighted by Crippen LogP contribution is 2.19. The van der Waals surface area contributed by atoms with E-state index in [0.29, 0.717) is 5.69 Å². The first kappa shape index (κ1) is 19.7. The van der Waals surface area contributed by atoms with Crippen molar-refractivity contribution in [3.05, 3.63) is 72.6 Å². The fourth-order valence-electron chi connectivity index (χ4n) is 2.58. The lowest BCUT2D eigenvalue weighted by Gasteiger charge is -2.11. The van der Waals surface area contributed by atoms with E-state index in [-0.39, 0.29) is 22.2 Å². The van der Waals surface area contributed by atoms with E-state index in [0.717, 1.165) is 0 Å². The Labute approximate surface area is 162 Å². The number of hydrogen-bond acceptors (Lipinski definition) is 4. The molecule has 1 aromatic heterocycles. The highest BCUT2D eigenvalue weighted by Gasteiger charge is 2.17. The van der Waals surface area contributed by atoms with Crippen LogP contribution in [0.5, 0.6) is 0 Å². The minimum atomic E-state index is -3.72. The molecule has 0 saturated heterocycles. The van der Waals surface area contributed by atoms with Crippen LogP contribution in [0.15, 0.2) is 66.1 Å². The Morgan fingerprint density at radius 1 is 1.18 bits per heavy atom. The second-order valence-electron chi connectivity index (χ2n) is 6.39. The van der Waals surface area contributed by atoms with Crippen molar-refractivity contribution in [1.29, 1.82) is 0 Å². The molecule has 3 rings (SSSR count). The average Bonchev–Trinajstić information content (AvgIpc) is 3.15. The molecule has 7 nitrogen and oxygen atoms in total. The number of carbonyl (C=O) groups is 1. The van der Waals surface area contributed by atoms with Crippen LogP contribution in [0.2, 0.25) is 0 Å². The molecule has 2 aromatic carbocycles. The lowest BCUT2D eigenvalue weighted by atomic mass is 10.2. The van der Waals surface area contributed by atoms with Gasteiger partial charge in [0.2, 0.25) is 10.0 Å². The molecule has 2 N–H and O–H groups in total. The van der Waals surface area contributed by atoms with Crippen molar-refractivity contribution in [1.82, 2.24) is 14.3 Å². The van der Waals surface area contributed by atoms with Crippen molar-refractivity contribution in [2.24, 2.45) is 0 Å². The summed E-state index contributed by atoms with van der Waals surface area (Å²) in [4.78, 5) is 16.3. The fraction of sp³-hybridized carbons (Fsp3) is 0.158. The third-order valence-corrected chi connectivity index (χ3v) is 5.44. The van der Waals surface area contributed by atoms with E-state index in [9.17, 15) is 17.6 Å². The van der Waals surface area contributed by atoms with Gasteiger partial charge in [0.05, 0.1) is 16.9 Å². The van der Waals surface area contributed by atoms with Gasteiger partial charge in [-0.15, -0.1) is 0 Å². The van der Waals surface area contributed by atoms with E-state index < -0.39 is 21.7 Å². The summed E-state index contributed by atoms with van der Waals surface area (Å²) in [5.74, 6) is -1.08. The van der Waals surface area contributed by atoms with Crippen LogP contribution in [0, 0.1) is 5.82 Å². The fourth-order valence-corrected chi connectivity index (χ4v) is 3.88. The Morgan fingerprint density at radius 3 is 2.61 bits per heavy atom. The van der Waals surface area contributed by atoms with E-state index in [1.54, 1.807) is 26.1 Å². The van der Waals surface area contributed by atoms with Gasteiger partial charge in [-0.05, 0) is 50.2 Å². The van der Waals surface area contributed by atoms with Crippen LogP contribution in [0.25, 0.3) is 5.69 Å². The third kappa shape index (κ3) is 4.44. The van der Waals surface area contributed by atoms with Crippen molar-refractivity contribution >= 4 is 21.6 Å². The number of carbonyl (C=O) groups excluding carboxylic acids is 1. The summed E-state index contributed by atoms with van der Waals surface area (Å²) in [7, 11) is -3.72. The Hall–Kier alpha value is -3.04. The summed E-state index contributed by atoms with van der Waals surface area (Å²) in [5, 5.41) is 2.57. The predicted molar refractivity (Wildman–Crippen MR) is 103 cm³/mol. The van der Waals surface area contributed by atoms with Crippen molar-refractivity contribution in [3.63, 3.8) is 0 Å². The SMILES string of the molecule is CC(C)NS(=O)(=O)c1cccc(C(=O)Nc2ccc(-n3ccnc3)c(F)c2)c1. The molecule has 9 heteroatoms. The Balaban J connectivity index is 1.80. The molecule has 0 unspecified atom stereocenters. The van der Waals surface area contributed by atoms with Crippen molar-refractivity contribution < 1.29 is 17.6 Å². The van der Waals surface area contributed by atoms with Crippen LogP contribution in [0.1, 0.15) is 24.2 Å². The van der Waals surface area contributed by atoms with Crippen LogP contribution in [-0.2, 0) is 10.0 Å². The van der Waals surface area contributed by atoms with Crippen molar-refractivity contribution in [3.8, 4) is 5.69 Å². The Bertz CT molecular complexity index is 1100. The number of amides is 1. The standard InChI is InChI=1S/C19H19FN4O3S/c1-13(2)23-28(26,27)16-5-3-4-14(10-16)19(25)22-15-6-7-18(17(20)11-15)24-9-8-21-12-24/h3-13,23H,1-2H3,(H,22,25). The molecular weight excluding hydrogens is 383 g/mol. The number of nitrogens with zero attached hydrogens (tertiary/aromatic N) is 2. The summed E-state index contributed by atoms with van der Waals surface area (Å²) >= 11 is 0. The van der Waals surface area contributed by atoms with Crippen LogP contribution < -0.4 is 10.0 Å². The topological polar surface area (TPSA) is 93.1 Å². The molecule has 0 aliphatic rings. The van der Waals surface area contributed by atoms with Gasteiger partial charge in [-0.25, -0.2) is 22.5 Å². The number of aromatic nitrogens is 2. The molecule has 0 aliphatic heterocycles. The summed E-state index contributed by atoms with van der Waals surface area (Å²) in [6.45, 7) is 3.41. The molecule has 0 aliphatic carbocycles. The zero-order chi connectivity index (χ0) is 20.3. The van der Waals surface area contributed by atoms with Gasteiger partial charge in [-0.1, -0.05) is 6.07 Å². The summed E-state index contributed by atoms with van der Waals surface area (Å²) < 4.78 is 42.8. The number of halogens is 1. The van der Waals surface area contributed by atoms with E-state index in [1.807, 2.05) is 0 Å². The first-order chi connectivity index (χ1) is 13.3. The van der Waals surface area contributed by atoms with Crippen LogP contribution in [0.4, 0.5) is 10.1 Å². The molecule has 0 fully saturated rings. The number of hydrogen-bond donors (Lipinski definition) is 2. The van der Waals surface area contributed by atoms with Gasteiger partial charge in [-0.3, -0.25) is 4.79 Å². The van der Waals surface area contributed by atoms with Gasteiger partial charge in [-0.2, -0.15) is 0 Å². The minimum absolute atomic E-state index is 0.0181. The average molecular weight is 402 g/mol. The second kappa shape index (κ2) is 7.91. The van der Waals surface area contributed by atoms with Gasteiger partial charge < -0.3 is 9.88 Å². The van der Waals surface area contributed by atoms with Crippen molar-refractivity contribution in [2.75, 3.05) is 5.32 Å². The zero-order valence-electron chi connectivity index (χ0n) is 15.3. The first-order valence-electron chi connectivity index (χ1n) is 8.48. The van der Waals surface area contributed by atoms with Crippen LogP contribution in [0.3, 0.4) is 0 Å². The number of anilines is 1. The van der Waals surface area contributed by atoms with E-state index in [4.69, 9.17) is 0 Å². The van der Waals surface area contributed by atoms with Gasteiger partial charge in [0.1, 0.15) is 5.82 Å². The van der Waals surface area contributed by atoms with Gasteiger partial charge in [0, 0.05) is 29.7 Å².